The van der Waals surface area contributed by atoms with Crippen LogP contribution in [0.4, 0.5) is 13.2 Å². The van der Waals surface area contributed by atoms with Crippen molar-refractivity contribution in [2.24, 2.45) is 0 Å². The maximum absolute atomic E-state index is 12.7. The normalized spacial score (nSPS) is 16.9. The van der Waals surface area contributed by atoms with Crippen LogP contribution in [0.3, 0.4) is 0 Å². The van der Waals surface area contributed by atoms with Gasteiger partial charge in [0.15, 0.2) is 0 Å². The number of carbonyl (C=O) groups is 1. The fourth-order valence-corrected chi connectivity index (χ4v) is 2.87. The minimum atomic E-state index is -4.49. The van der Waals surface area contributed by atoms with E-state index in [0.717, 1.165) is 38.2 Å². The standard InChI is InChI=1S/C15H19F3N2O2/c16-15(17,18)13-8-4-5-11(19-13)9-20(10-14(21)22)12-6-2-1-3-7-12/h4-5,8,12H,1-3,6-7,9-10H2,(H,21,22). The molecule has 0 aliphatic heterocycles. The van der Waals surface area contributed by atoms with Crippen LogP contribution >= 0.6 is 0 Å². The number of aliphatic carboxylic acids is 1. The number of alkyl halides is 3. The molecule has 0 spiro atoms. The second kappa shape index (κ2) is 7.09. The average molecular weight is 316 g/mol. The molecule has 0 aromatic carbocycles. The number of hydrogen-bond donors (Lipinski definition) is 1. The van der Waals surface area contributed by atoms with Gasteiger partial charge in [-0.1, -0.05) is 25.3 Å². The molecule has 1 aromatic rings. The van der Waals surface area contributed by atoms with Gasteiger partial charge in [-0.05, 0) is 25.0 Å². The van der Waals surface area contributed by atoms with Gasteiger partial charge in [0.25, 0.3) is 0 Å². The van der Waals surface area contributed by atoms with E-state index in [9.17, 15) is 18.0 Å². The quantitative estimate of drug-likeness (QED) is 0.905. The van der Waals surface area contributed by atoms with E-state index < -0.39 is 17.8 Å². The summed E-state index contributed by atoms with van der Waals surface area (Å²) in [6, 6.07) is 3.84. The highest BCUT2D eigenvalue weighted by atomic mass is 19.4. The van der Waals surface area contributed by atoms with Gasteiger partial charge in [-0.15, -0.1) is 0 Å². The molecule has 1 aliphatic rings. The van der Waals surface area contributed by atoms with E-state index in [0.29, 0.717) is 0 Å². The highest BCUT2D eigenvalue weighted by Crippen LogP contribution is 2.28. The van der Waals surface area contributed by atoms with Crippen molar-refractivity contribution in [3.63, 3.8) is 0 Å². The summed E-state index contributed by atoms with van der Waals surface area (Å²) in [4.78, 5) is 16.4. The SMILES string of the molecule is O=C(O)CN(Cc1cccc(C(F)(F)F)n1)C1CCCCC1. The van der Waals surface area contributed by atoms with Crippen molar-refractivity contribution in [2.75, 3.05) is 6.54 Å². The Morgan fingerprint density at radius 2 is 1.95 bits per heavy atom. The third kappa shape index (κ3) is 4.69. The van der Waals surface area contributed by atoms with Gasteiger partial charge in [0.1, 0.15) is 5.69 Å². The Hall–Kier alpha value is -1.63. The number of nitrogens with zero attached hydrogens (tertiary/aromatic N) is 2. The Balaban J connectivity index is 2.13. The molecule has 0 unspecified atom stereocenters. The van der Waals surface area contributed by atoms with Crippen molar-refractivity contribution < 1.29 is 23.1 Å². The molecule has 1 saturated carbocycles. The van der Waals surface area contributed by atoms with Crippen LogP contribution in [-0.4, -0.2) is 33.5 Å². The molecule has 4 nitrogen and oxygen atoms in total. The summed E-state index contributed by atoms with van der Waals surface area (Å²) in [5, 5.41) is 9.03. The highest BCUT2D eigenvalue weighted by Gasteiger charge is 2.32. The lowest BCUT2D eigenvalue weighted by Crippen LogP contribution is -2.40. The van der Waals surface area contributed by atoms with Crippen LogP contribution < -0.4 is 0 Å². The highest BCUT2D eigenvalue weighted by molar-refractivity contribution is 5.69. The zero-order valence-electron chi connectivity index (χ0n) is 12.1. The van der Waals surface area contributed by atoms with E-state index >= 15 is 0 Å². The summed E-state index contributed by atoms with van der Waals surface area (Å²) in [7, 11) is 0. The van der Waals surface area contributed by atoms with Gasteiger partial charge in [-0.2, -0.15) is 13.2 Å². The molecule has 1 fully saturated rings. The van der Waals surface area contributed by atoms with Crippen molar-refractivity contribution in [3.05, 3.63) is 29.6 Å². The first-order valence-corrected chi connectivity index (χ1v) is 7.35. The Bertz CT molecular complexity index is 514. The third-order valence-electron chi connectivity index (χ3n) is 3.89. The van der Waals surface area contributed by atoms with Gasteiger partial charge in [0.2, 0.25) is 0 Å². The molecule has 0 bridgehead atoms. The second-order valence-electron chi connectivity index (χ2n) is 5.60. The molecule has 2 rings (SSSR count). The van der Waals surface area contributed by atoms with Crippen LogP contribution in [0.2, 0.25) is 0 Å². The number of pyridine rings is 1. The maximum atomic E-state index is 12.7. The summed E-state index contributed by atoms with van der Waals surface area (Å²) in [5.74, 6) is -0.974. The molecule has 122 valence electrons. The molecular formula is C15H19F3N2O2. The summed E-state index contributed by atoms with van der Waals surface area (Å²) >= 11 is 0. The van der Waals surface area contributed by atoms with Crippen LogP contribution in [0.25, 0.3) is 0 Å². The van der Waals surface area contributed by atoms with Gasteiger partial charge < -0.3 is 5.11 Å². The van der Waals surface area contributed by atoms with E-state index in [1.807, 2.05) is 0 Å². The molecule has 0 amide bonds. The van der Waals surface area contributed by atoms with Gasteiger partial charge >= 0.3 is 12.1 Å². The van der Waals surface area contributed by atoms with Crippen molar-refractivity contribution in [2.45, 2.75) is 50.9 Å². The minimum Gasteiger partial charge on any atom is -0.480 e. The van der Waals surface area contributed by atoms with Crippen LogP contribution in [0.5, 0.6) is 0 Å². The zero-order chi connectivity index (χ0) is 16.2. The molecule has 0 saturated heterocycles. The van der Waals surface area contributed by atoms with Crippen molar-refractivity contribution in [1.82, 2.24) is 9.88 Å². The first-order valence-electron chi connectivity index (χ1n) is 7.35. The fourth-order valence-electron chi connectivity index (χ4n) is 2.87. The van der Waals surface area contributed by atoms with E-state index in [2.05, 4.69) is 4.98 Å². The summed E-state index contributed by atoms with van der Waals surface area (Å²) in [6.07, 6.45) is 0.448. The molecular weight excluding hydrogens is 297 g/mol. The number of halogens is 3. The lowest BCUT2D eigenvalue weighted by Gasteiger charge is -2.33. The first kappa shape index (κ1) is 16.7. The molecule has 1 aliphatic carbocycles. The number of hydrogen-bond acceptors (Lipinski definition) is 3. The smallest absolute Gasteiger partial charge is 0.433 e. The Morgan fingerprint density at radius 1 is 1.27 bits per heavy atom. The number of rotatable bonds is 5. The number of carboxylic acids is 1. The molecule has 1 N–H and O–H groups in total. The molecule has 1 heterocycles. The molecule has 22 heavy (non-hydrogen) atoms. The van der Waals surface area contributed by atoms with Gasteiger partial charge in [-0.25, -0.2) is 4.98 Å². The van der Waals surface area contributed by atoms with Gasteiger partial charge in [0.05, 0.1) is 12.2 Å². The predicted octanol–water partition coefficient (Wildman–Crippen LogP) is 3.32. The largest absolute Gasteiger partial charge is 0.480 e. The number of carboxylic acid groups (broad SMARTS) is 1. The molecule has 0 radical (unpaired) electrons. The van der Waals surface area contributed by atoms with E-state index in [1.54, 1.807) is 4.90 Å². The Morgan fingerprint density at radius 3 is 2.55 bits per heavy atom. The van der Waals surface area contributed by atoms with E-state index in [-0.39, 0.29) is 24.8 Å². The Labute approximate surface area is 127 Å². The van der Waals surface area contributed by atoms with Crippen LogP contribution in [-0.2, 0) is 17.5 Å². The lowest BCUT2D eigenvalue weighted by molar-refractivity contribution is -0.142. The zero-order valence-corrected chi connectivity index (χ0v) is 12.1. The monoisotopic (exact) mass is 316 g/mol. The van der Waals surface area contributed by atoms with Crippen molar-refractivity contribution in [3.8, 4) is 0 Å². The van der Waals surface area contributed by atoms with Crippen molar-refractivity contribution in [1.29, 1.82) is 0 Å². The molecule has 1 aromatic heterocycles. The predicted molar refractivity (Wildman–Crippen MR) is 74.2 cm³/mol. The second-order valence-corrected chi connectivity index (χ2v) is 5.60. The molecule has 0 atom stereocenters. The van der Waals surface area contributed by atoms with Gasteiger partial charge in [0, 0.05) is 12.6 Å². The minimum absolute atomic E-state index is 0.0983. The van der Waals surface area contributed by atoms with Crippen LogP contribution in [0.1, 0.15) is 43.5 Å². The summed E-state index contributed by atoms with van der Waals surface area (Å²) in [5.41, 5.74) is -0.689. The summed E-state index contributed by atoms with van der Waals surface area (Å²) in [6.45, 7) is -0.0521. The average Bonchev–Trinajstić information content (AvgIpc) is 2.46. The van der Waals surface area contributed by atoms with Gasteiger partial charge in [-0.3, -0.25) is 9.69 Å². The Kier molecular flexibility index (Phi) is 5.39. The van der Waals surface area contributed by atoms with E-state index in [1.165, 1.54) is 12.1 Å². The van der Waals surface area contributed by atoms with Crippen molar-refractivity contribution >= 4 is 5.97 Å². The maximum Gasteiger partial charge on any atom is 0.433 e. The summed E-state index contributed by atoms with van der Waals surface area (Å²) < 4.78 is 38.1. The fraction of sp³-hybridized carbons (Fsp3) is 0.600. The topological polar surface area (TPSA) is 53.4 Å². The lowest BCUT2D eigenvalue weighted by atomic mass is 9.94. The van der Waals surface area contributed by atoms with Crippen LogP contribution in [0, 0.1) is 0 Å². The molecule has 7 heteroatoms. The number of aromatic nitrogens is 1. The van der Waals surface area contributed by atoms with Crippen LogP contribution in [0.15, 0.2) is 18.2 Å². The van der Waals surface area contributed by atoms with E-state index in [4.69, 9.17) is 5.11 Å². The first-order chi connectivity index (χ1) is 10.4. The third-order valence-corrected chi connectivity index (χ3v) is 3.89.